The highest BCUT2D eigenvalue weighted by Gasteiger charge is 2.16. The van der Waals surface area contributed by atoms with Crippen molar-refractivity contribution in [2.24, 2.45) is 0 Å². The summed E-state index contributed by atoms with van der Waals surface area (Å²) in [4.78, 5) is 21.3. The van der Waals surface area contributed by atoms with Crippen LogP contribution in [0, 0.1) is 0 Å². The number of ether oxygens (including phenoxy) is 1. The Labute approximate surface area is 74.1 Å². The topological polar surface area (TPSA) is 43.4 Å². The summed E-state index contributed by atoms with van der Waals surface area (Å²) in [6.45, 7) is 6.67. The first kappa shape index (κ1) is 13.7. The van der Waals surface area contributed by atoms with Crippen molar-refractivity contribution < 1.29 is 14.3 Å². The lowest BCUT2D eigenvalue weighted by molar-refractivity contribution is -0.155. The fraction of sp³-hybridized carbons (Fsp3) is 0.778. The fourth-order valence-corrected chi connectivity index (χ4v) is 0.581. The van der Waals surface area contributed by atoms with E-state index in [2.05, 4.69) is 0 Å². The smallest absolute Gasteiger partial charge is 0.313 e. The Kier molecular flexibility index (Phi) is 5.61. The highest BCUT2D eigenvalue weighted by atomic mass is 16.6. The minimum atomic E-state index is -0.494. The van der Waals surface area contributed by atoms with Gasteiger partial charge in [-0.1, -0.05) is 7.43 Å². The zero-order chi connectivity index (χ0) is 9.07. The van der Waals surface area contributed by atoms with Crippen LogP contribution in [0.3, 0.4) is 0 Å². The zero-order valence-electron chi connectivity index (χ0n) is 7.43. The maximum absolute atomic E-state index is 10.8. The average molecular weight is 174 g/mol. The summed E-state index contributed by atoms with van der Waals surface area (Å²) in [5, 5.41) is 0. The summed E-state index contributed by atoms with van der Waals surface area (Å²) in [6, 6.07) is 0. The van der Waals surface area contributed by atoms with E-state index in [0.717, 1.165) is 0 Å². The minimum Gasteiger partial charge on any atom is -0.460 e. The molecule has 3 nitrogen and oxygen atoms in total. The van der Waals surface area contributed by atoms with Crippen LogP contribution in [-0.4, -0.2) is 17.4 Å². The highest BCUT2D eigenvalue weighted by molar-refractivity contribution is 5.94. The predicted molar refractivity (Wildman–Crippen MR) is 47.9 cm³/mol. The molecule has 3 heteroatoms. The molecular weight excluding hydrogens is 156 g/mol. The SMILES string of the molecule is C.CC(=O)CC(=O)OC(C)(C)C. The summed E-state index contributed by atoms with van der Waals surface area (Å²) in [6.07, 6.45) is -0.128. The van der Waals surface area contributed by atoms with E-state index in [4.69, 9.17) is 4.74 Å². The van der Waals surface area contributed by atoms with Gasteiger partial charge in [0.1, 0.15) is 17.8 Å². The first-order valence-corrected chi connectivity index (χ1v) is 3.52. The number of esters is 1. The summed E-state index contributed by atoms with van der Waals surface area (Å²) >= 11 is 0. The quantitative estimate of drug-likeness (QED) is 0.474. The molecule has 0 saturated heterocycles. The van der Waals surface area contributed by atoms with Gasteiger partial charge in [0.25, 0.3) is 0 Å². The van der Waals surface area contributed by atoms with Gasteiger partial charge < -0.3 is 4.74 Å². The van der Waals surface area contributed by atoms with Crippen molar-refractivity contribution in [3.8, 4) is 0 Å². The minimum absolute atomic E-state index is 0. The lowest BCUT2D eigenvalue weighted by Crippen LogP contribution is -2.24. The van der Waals surface area contributed by atoms with Gasteiger partial charge >= 0.3 is 5.97 Å². The molecule has 0 aliphatic heterocycles. The molecule has 12 heavy (non-hydrogen) atoms. The standard InChI is InChI=1S/C8H14O3.CH4/c1-6(9)5-7(10)11-8(2,3)4;/h5H2,1-4H3;1H4. The second-order valence-corrected chi connectivity index (χ2v) is 3.47. The van der Waals surface area contributed by atoms with Crippen molar-refractivity contribution in [1.29, 1.82) is 0 Å². The molecule has 0 rings (SSSR count). The summed E-state index contributed by atoms with van der Waals surface area (Å²) in [7, 11) is 0. The molecule has 0 heterocycles. The Morgan fingerprint density at radius 3 is 1.92 bits per heavy atom. The summed E-state index contributed by atoms with van der Waals surface area (Å²) in [5.74, 6) is -0.621. The Morgan fingerprint density at radius 1 is 1.25 bits per heavy atom. The third kappa shape index (κ3) is 9.14. The van der Waals surface area contributed by atoms with Crippen LogP contribution < -0.4 is 0 Å². The first-order chi connectivity index (χ1) is 4.81. The van der Waals surface area contributed by atoms with Crippen LogP contribution in [0.1, 0.15) is 41.5 Å². The van der Waals surface area contributed by atoms with E-state index in [1.807, 2.05) is 0 Å². The van der Waals surface area contributed by atoms with Gasteiger partial charge in [-0.05, 0) is 27.7 Å². The predicted octanol–water partition coefficient (Wildman–Crippen LogP) is 1.94. The number of hydrogen-bond donors (Lipinski definition) is 0. The molecule has 72 valence electrons. The second kappa shape index (κ2) is 4.91. The molecule has 0 spiro atoms. The van der Waals surface area contributed by atoms with E-state index in [0.29, 0.717) is 0 Å². The molecule has 0 N–H and O–H groups in total. The Bertz CT molecular complexity index is 165. The van der Waals surface area contributed by atoms with E-state index in [-0.39, 0.29) is 19.6 Å². The molecule has 0 unspecified atom stereocenters. The molecule has 0 aliphatic rings. The van der Waals surface area contributed by atoms with Crippen LogP contribution in [-0.2, 0) is 14.3 Å². The number of carbonyl (C=O) groups excluding carboxylic acids is 2. The van der Waals surface area contributed by atoms with Crippen molar-refractivity contribution in [2.45, 2.75) is 47.1 Å². The maximum Gasteiger partial charge on any atom is 0.313 e. The van der Waals surface area contributed by atoms with Crippen LogP contribution in [0.2, 0.25) is 0 Å². The van der Waals surface area contributed by atoms with Crippen LogP contribution in [0.15, 0.2) is 0 Å². The van der Waals surface area contributed by atoms with E-state index in [1.165, 1.54) is 6.92 Å². The third-order valence-electron chi connectivity index (χ3n) is 0.813. The van der Waals surface area contributed by atoms with Gasteiger partial charge in [0.05, 0.1) is 0 Å². The van der Waals surface area contributed by atoms with E-state index >= 15 is 0 Å². The zero-order valence-corrected chi connectivity index (χ0v) is 7.43. The van der Waals surface area contributed by atoms with Gasteiger partial charge in [0.15, 0.2) is 0 Å². The van der Waals surface area contributed by atoms with Gasteiger partial charge in [-0.3, -0.25) is 9.59 Å². The Hall–Kier alpha value is -0.860. The Balaban J connectivity index is 0. The highest BCUT2D eigenvalue weighted by Crippen LogP contribution is 2.07. The van der Waals surface area contributed by atoms with E-state index in [9.17, 15) is 9.59 Å². The number of carbonyl (C=O) groups is 2. The van der Waals surface area contributed by atoms with Crippen LogP contribution in [0.4, 0.5) is 0 Å². The fourth-order valence-electron chi connectivity index (χ4n) is 0.581. The molecule has 0 bridgehead atoms. The lowest BCUT2D eigenvalue weighted by Gasteiger charge is -2.18. The largest absolute Gasteiger partial charge is 0.460 e. The lowest BCUT2D eigenvalue weighted by atomic mass is 10.2. The van der Waals surface area contributed by atoms with Gasteiger partial charge in [0, 0.05) is 0 Å². The first-order valence-electron chi connectivity index (χ1n) is 3.52. The number of ketones is 1. The van der Waals surface area contributed by atoms with Gasteiger partial charge in [-0.2, -0.15) is 0 Å². The van der Waals surface area contributed by atoms with Gasteiger partial charge in [-0.15, -0.1) is 0 Å². The number of rotatable bonds is 2. The van der Waals surface area contributed by atoms with Crippen LogP contribution >= 0.6 is 0 Å². The molecule has 0 aromatic rings. The van der Waals surface area contributed by atoms with E-state index in [1.54, 1.807) is 20.8 Å². The molecule has 0 atom stereocenters. The molecule has 0 saturated carbocycles. The average Bonchev–Trinajstić information content (AvgIpc) is 1.53. The van der Waals surface area contributed by atoms with Crippen LogP contribution in [0.5, 0.6) is 0 Å². The van der Waals surface area contributed by atoms with Crippen molar-refractivity contribution >= 4 is 11.8 Å². The van der Waals surface area contributed by atoms with Crippen molar-refractivity contribution in [2.75, 3.05) is 0 Å². The van der Waals surface area contributed by atoms with Crippen molar-refractivity contribution in [1.82, 2.24) is 0 Å². The summed E-state index contributed by atoms with van der Waals surface area (Å²) < 4.78 is 4.89. The molecule has 0 fully saturated rings. The van der Waals surface area contributed by atoms with Gasteiger partial charge in [0.2, 0.25) is 0 Å². The van der Waals surface area contributed by atoms with E-state index < -0.39 is 11.6 Å². The van der Waals surface area contributed by atoms with Crippen molar-refractivity contribution in [3.05, 3.63) is 0 Å². The molecule has 0 aliphatic carbocycles. The normalized spacial score (nSPS) is 10.0. The third-order valence-corrected chi connectivity index (χ3v) is 0.813. The molecular formula is C9H18O3. The van der Waals surface area contributed by atoms with Crippen molar-refractivity contribution in [3.63, 3.8) is 0 Å². The maximum atomic E-state index is 10.8. The molecule has 0 aromatic heterocycles. The van der Waals surface area contributed by atoms with Gasteiger partial charge in [-0.25, -0.2) is 0 Å². The van der Waals surface area contributed by atoms with Crippen LogP contribution in [0.25, 0.3) is 0 Å². The Morgan fingerprint density at radius 2 is 1.67 bits per heavy atom. The monoisotopic (exact) mass is 174 g/mol. The molecule has 0 amide bonds. The molecule has 0 radical (unpaired) electrons. The summed E-state index contributed by atoms with van der Waals surface area (Å²) in [5.41, 5.74) is -0.494. The number of hydrogen-bond acceptors (Lipinski definition) is 3. The molecule has 0 aromatic carbocycles. The second-order valence-electron chi connectivity index (χ2n) is 3.47. The number of Topliss-reactive ketones (excluding diaryl/α,β-unsaturated/α-hetero) is 1.